The highest BCUT2D eigenvalue weighted by Gasteiger charge is 2.15. The third-order valence-corrected chi connectivity index (χ3v) is 5.98. The summed E-state index contributed by atoms with van der Waals surface area (Å²) in [7, 11) is -0.203. The molecule has 0 spiro atoms. The van der Waals surface area contributed by atoms with Gasteiger partial charge in [0.05, 0.1) is 34.6 Å². The van der Waals surface area contributed by atoms with Gasteiger partial charge >= 0.3 is 0 Å². The Morgan fingerprint density at radius 3 is 2.52 bits per heavy atom. The number of hydrogen-bond donors (Lipinski definition) is 2. The van der Waals surface area contributed by atoms with Crippen molar-refractivity contribution in [3.05, 3.63) is 47.5 Å². The Hall–Kier alpha value is -2.53. The largest absolute Gasteiger partial charge is 0.383 e. The van der Waals surface area contributed by atoms with E-state index in [1.165, 1.54) is 25.4 Å². The molecule has 3 rings (SSSR count). The molecular weight excluding hydrogens is 416 g/mol. The lowest BCUT2D eigenvalue weighted by Crippen LogP contribution is -2.27. The van der Waals surface area contributed by atoms with Gasteiger partial charge < -0.3 is 14.6 Å². The monoisotopic (exact) mass is 436 g/mol. The number of nitrogens with one attached hydrogen (secondary N) is 2. The van der Waals surface area contributed by atoms with Gasteiger partial charge in [0.2, 0.25) is 16.0 Å². The molecule has 0 saturated carbocycles. The lowest BCUT2D eigenvalue weighted by Gasteiger charge is -2.10. The smallest absolute Gasteiger partial charge is 0.240 e. The zero-order valence-corrected chi connectivity index (χ0v) is 17.8. The number of methoxy groups -OCH3 is 1. The molecule has 0 bridgehead atoms. The summed E-state index contributed by atoms with van der Waals surface area (Å²) in [6.45, 7) is 2.39. The van der Waals surface area contributed by atoms with Crippen LogP contribution in [0.15, 0.2) is 41.6 Å². The second kappa shape index (κ2) is 8.87. The molecule has 0 unspecified atom stereocenters. The first-order valence-corrected chi connectivity index (χ1v) is 10.5. The number of halogens is 1. The third-order valence-electron chi connectivity index (χ3n) is 4.23. The summed E-state index contributed by atoms with van der Waals surface area (Å²) in [6.07, 6.45) is 3.21. The number of benzene rings is 1. The van der Waals surface area contributed by atoms with E-state index in [0.29, 0.717) is 29.0 Å². The number of aryl methyl sites for hydroxylation is 1. The summed E-state index contributed by atoms with van der Waals surface area (Å²) >= 11 is 6.26. The molecule has 1 aromatic carbocycles. The molecule has 11 heteroatoms. The Morgan fingerprint density at radius 2 is 1.90 bits per heavy atom. The van der Waals surface area contributed by atoms with E-state index in [1.54, 1.807) is 18.3 Å². The van der Waals surface area contributed by atoms with Crippen molar-refractivity contribution in [2.75, 3.05) is 25.6 Å². The van der Waals surface area contributed by atoms with Gasteiger partial charge in [-0.25, -0.2) is 28.1 Å². The minimum absolute atomic E-state index is 0.155. The zero-order valence-electron chi connectivity index (χ0n) is 16.2. The van der Waals surface area contributed by atoms with Crippen LogP contribution in [-0.4, -0.2) is 48.2 Å². The van der Waals surface area contributed by atoms with Gasteiger partial charge in [-0.1, -0.05) is 11.6 Å². The Balaban J connectivity index is 1.79. The van der Waals surface area contributed by atoms with Crippen LogP contribution in [-0.2, 0) is 21.8 Å². The lowest BCUT2D eigenvalue weighted by molar-refractivity contribution is 0.204. The molecule has 2 heterocycles. The molecular formula is C18H21ClN6O3S. The molecule has 2 aromatic heterocycles. The van der Waals surface area contributed by atoms with Gasteiger partial charge in [0.1, 0.15) is 11.5 Å². The molecule has 0 aliphatic rings. The van der Waals surface area contributed by atoms with E-state index in [9.17, 15) is 8.42 Å². The van der Waals surface area contributed by atoms with E-state index in [4.69, 9.17) is 16.3 Å². The SMILES string of the molecule is COCCNS(=O)(=O)c1ccc(Nc2ncc(Cl)c(-c3cnc(C)n3C)n2)cc1. The number of anilines is 2. The van der Waals surface area contributed by atoms with Crippen LogP contribution in [0.2, 0.25) is 5.02 Å². The minimum atomic E-state index is -3.59. The van der Waals surface area contributed by atoms with Gasteiger partial charge in [0.15, 0.2) is 0 Å². The van der Waals surface area contributed by atoms with Gasteiger partial charge in [-0.05, 0) is 31.2 Å². The number of rotatable bonds is 8. The van der Waals surface area contributed by atoms with Crippen molar-refractivity contribution < 1.29 is 13.2 Å². The van der Waals surface area contributed by atoms with E-state index in [1.807, 2.05) is 18.5 Å². The molecule has 2 N–H and O–H groups in total. The highest BCUT2D eigenvalue weighted by atomic mass is 35.5. The van der Waals surface area contributed by atoms with Crippen molar-refractivity contribution in [1.29, 1.82) is 0 Å². The van der Waals surface area contributed by atoms with Crippen LogP contribution >= 0.6 is 11.6 Å². The topological polar surface area (TPSA) is 111 Å². The second-order valence-corrected chi connectivity index (χ2v) is 8.35. The number of sulfonamides is 1. The molecule has 0 aliphatic carbocycles. The first kappa shape index (κ1) is 21.2. The molecule has 0 amide bonds. The zero-order chi connectivity index (χ0) is 21.0. The van der Waals surface area contributed by atoms with E-state index >= 15 is 0 Å². The van der Waals surface area contributed by atoms with E-state index < -0.39 is 10.0 Å². The maximum absolute atomic E-state index is 12.2. The van der Waals surface area contributed by atoms with E-state index in [2.05, 4.69) is 25.0 Å². The molecule has 154 valence electrons. The van der Waals surface area contributed by atoms with Crippen molar-refractivity contribution in [1.82, 2.24) is 24.2 Å². The normalized spacial score (nSPS) is 11.6. The van der Waals surface area contributed by atoms with Gasteiger partial charge in [-0.15, -0.1) is 0 Å². The summed E-state index contributed by atoms with van der Waals surface area (Å²) in [5, 5.41) is 3.46. The molecule has 3 aromatic rings. The fraction of sp³-hybridized carbons (Fsp3) is 0.278. The van der Waals surface area contributed by atoms with Crippen LogP contribution in [0, 0.1) is 6.92 Å². The number of ether oxygens (including phenoxy) is 1. The van der Waals surface area contributed by atoms with Crippen molar-refractivity contribution in [2.45, 2.75) is 11.8 Å². The Morgan fingerprint density at radius 1 is 1.17 bits per heavy atom. The first-order valence-electron chi connectivity index (χ1n) is 8.69. The molecule has 0 fully saturated rings. The van der Waals surface area contributed by atoms with Crippen LogP contribution in [0.1, 0.15) is 5.82 Å². The maximum Gasteiger partial charge on any atom is 0.240 e. The predicted molar refractivity (Wildman–Crippen MR) is 111 cm³/mol. The van der Waals surface area contributed by atoms with Crippen molar-refractivity contribution in [3.63, 3.8) is 0 Å². The molecule has 0 aliphatic heterocycles. The van der Waals surface area contributed by atoms with Gasteiger partial charge in [0.25, 0.3) is 0 Å². The molecule has 29 heavy (non-hydrogen) atoms. The number of nitrogens with zero attached hydrogens (tertiary/aromatic N) is 4. The Bertz CT molecular complexity index is 1100. The molecule has 0 radical (unpaired) electrons. The number of aromatic nitrogens is 4. The van der Waals surface area contributed by atoms with Crippen molar-refractivity contribution in [3.8, 4) is 11.4 Å². The number of imidazole rings is 1. The van der Waals surface area contributed by atoms with Crippen molar-refractivity contribution in [2.24, 2.45) is 7.05 Å². The average Bonchev–Trinajstić information content (AvgIpc) is 3.02. The molecule has 9 nitrogen and oxygen atoms in total. The molecule has 0 atom stereocenters. The first-order chi connectivity index (χ1) is 13.8. The van der Waals surface area contributed by atoms with Crippen LogP contribution in [0.5, 0.6) is 0 Å². The van der Waals surface area contributed by atoms with Gasteiger partial charge in [-0.2, -0.15) is 0 Å². The quantitative estimate of drug-likeness (QED) is 0.522. The minimum Gasteiger partial charge on any atom is -0.383 e. The summed E-state index contributed by atoms with van der Waals surface area (Å²) in [4.78, 5) is 13.1. The highest BCUT2D eigenvalue weighted by molar-refractivity contribution is 7.89. The fourth-order valence-corrected chi connectivity index (χ4v) is 3.74. The van der Waals surface area contributed by atoms with Crippen LogP contribution in [0.3, 0.4) is 0 Å². The summed E-state index contributed by atoms with van der Waals surface area (Å²) in [6, 6.07) is 6.27. The average molecular weight is 437 g/mol. The Labute approximate surface area is 174 Å². The standard InChI is InChI=1S/C18H21ClN6O3S/c1-12-20-11-16(25(12)2)17-15(19)10-21-18(24-17)23-13-4-6-14(7-5-13)29(26,27)22-8-9-28-3/h4-7,10-11,22H,8-9H2,1-3H3,(H,21,23,24). The summed E-state index contributed by atoms with van der Waals surface area (Å²) in [5.74, 6) is 1.16. The van der Waals surface area contributed by atoms with Gasteiger partial charge in [-0.3, -0.25) is 0 Å². The van der Waals surface area contributed by atoms with Crippen LogP contribution in [0.4, 0.5) is 11.6 Å². The van der Waals surface area contributed by atoms with Crippen molar-refractivity contribution >= 4 is 33.3 Å². The van der Waals surface area contributed by atoms with Crippen LogP contribution < -0.4 is 10.0 Å². The van der Waals surface area contributed by atoms with Crippen LogP contribution in [0.25, 0.3) is 11.4 Å². The summed E-state index contributed by atoms with van der Waals surface area (Å²) in [5.41, 5.74) is 1.95. The van der Waals surface area contributed by atoms with Gasteiger partial charge in [0, 0.05) is 26.4 Å². The Kier molecular flexibility index (Phi) is 6.48. The molecule has 0 saturated heterocycles. The lowest BCUT2D eigenvalue weighted by atomic mass is 10.3. The number of hydrogen-bond acceptors (Lipinski definition) is 7. The fourth-order valence-electron chi connectivity index (χ4n) is 2.54. The summed E-state index contributed by atoms with van der Waals surface area (Å²) < 4.78 is 33.6. The maximum atomic E-state index is 12.2. The highest BCUT2D eigenvalue weighted by Crippen LogP contribution is 2.27. The predicted octanol–water partition coefficient (Wildman–Crippen LogP) is 2.51. The second-order valence-electron chi connectivity index (χ2n) is 6.18. The third kappa shape index (κ3) is 4.91. The van der Waals surface area contributed by atoms with E-state index in [-0.39, 0.29) is 11.4 Å². The van der Waals surface area contributed by atoms with E-state index in [0.717, 1.165) is 11.5 Å².